The summed E-state index contributed by atoms with van der Waals surface area (Å²) in [6.45, 7) is 11.8. The lowest BCUT2D eigenvalue weighted by Crippen LogP contribution is -2.34. The molecule has 198 valence electrons. The molecule has 36 heavy (non-hydrogen) atoms. The first kappa shape index (κ1) is 28.9. The summed E-state index contributed by atoms with van der Waals surface area (Å²) >= 11 is 0. The molecule has 2 aliphatic rings. The van der Waals surface area contributed by atoms with Crippen molar-refractivity contribution in [1.29, 1.82) is 0 Å². The molecule has 0 aromatic carbocycles. The number of Topliss-reactive ketones (excluding diaryl/α,β-unsaturated/α-hetero) is 3. The molecular weight excluding hydrogens is 468 g/mol. The minimum atomic E-state index is -0.944. The number of hydrogen-bond donors (Lipinski definition) is 0. The molecule has 3 rings (SSSR count). The molecule has 0 saturated carbocycles. The van der Waals surface area contributed by atoms with Crippen LogP contribution in [0.2, 0.25) is 0 Å². The molecule has 2 aliphatic carbocycles. The number of fused-ring (bicyclic) bond motifs is 1. The topological polar surface area (TPSA) is 131 Å². The van der Waals surface area contributed by atoms with Crippen molar-refractivity contribution < 1.29 is 38.2 Å². The Morgan fingerprint density at radius 1 is 1.03 bits per heavy atom. The number of hydrogen-bond acceptors (Lipinski definition) is 9. The third-order valence-corrected chi connectivity index (χ3v) is 5.62. The van der Waals surface area contributed by atoms with Crippen molar-refractivity contribution in [3.63, 3.8) is 0 Å². The first-order chi connectivity index (χ1) is 17.0. The van der Waals surface area contributed by atoms with Crippen molar-refractivity contribution in [3.8, 4) is 0 Å². The predicted octanol–water partition coefficient (Wildman–Crippen LogP) is 3.35. The Morgan fingerprint density at radius 2 is 1.69 bits per heavy atom. The van der Waals surface area contributed by atoms with Crippen LogP contribution in [0, 0.1) is 5.92 Å². The molecule has 0 spiro atoms. The molecule has 0 aliphatic heterocycles. The number of allylic oxidation sites excluding steroid dienone is 2. The van der Waals surface area contributed by atoms with Gasteiger partial charge >= 0.3 is 11.9 Å². The van der Waals surface area contributed by atoms with Crippen LogP contribution in [0.5, 0.6) is 0 Å². The molecule has 0 amide bonds. The highest BCUT2D eigenvalue weighted by molar-refractivity contribution is 6.39. The highest BCUT2D eigenvalue weighted by Gasteiger charge is 2.37. The summed E-state index contributed by atoms with van der Waals surface area (Å²) in [4.78, 5) is 58.9. The van der Waals surface area contributed by atoms with E-state index in [2.05, 4.69) is 9.84 Å². The van der Waals surface area contributed by atoms with Gasteiger partial charge in [0.25, 0.3) is 5.78 Å². The minimum Gasteiger partial charge on any atom is -0.490 e. The summed E-state index contributed by atoms with van der Waals surface area (Å²) in [5.74, 6) is -3.26. The largest absolute Gasteiger partial charge is 0.490 e. The van der Waals surface area contributed by atoms with E-state index in [1.165, 1.54) is 0 Å². The van der Waals surface area contributed by atoms with Crippen LogP contribution < -0.4 is 0 Å². The second-order valence-electron chi connectivity index (χ2n) is 9.34. The monoisotopic (exact) mass is 504 g/mol. The van der Waals surface area contributed by atoms with Gasteiger partial charge in [-0.2, -0.15) is 5.10 Å². The smallest absolute Gasteiger partial charge is 0.375 e. The fourth-order valence-corrected chi connectivity index (χ4v) is 4.03. The van der Waals surface area contributed by atoms with E-state index in [1.807, 2.05) is 20.8 Å². The molecule has 0 radical (unpaired) electrons. The Hall–Kier alpha value is -3.30. The Morgan fingerprint density at radius 3 is 2.28 bits per heavy atom. The molecule has 1 aromatic rings. The summed E-state index contributed by atoms with van der Waals surface area (Å²) in [5, 5.41) is 4.35. The van der Waals surface area contributed by atoms with Crippen LogP contribution in [0.25, 0.3) is 0 Å². The maximum Gasteiger partial charge on any atom is 0.375 e. The standard InChI is InChI=1S/C14H20N2O3.C12H16O5/c1-5-19-13(18)11-9-7-6-8-10(17)12(9)16(15-11)14(2,3)4;1-3-16-9-7-5-6-8(10(9)13)11(14)12(15)17-4-2/h5-8H2,1-4H3;7-8H,3-6H2,1-2H3. The summed E-state index contributed by atoms with van der Waals surface area (Å²) in [6.07, 6.45) is 4.56. The quantitative estimate of drug-likeness (QED) is 0.311. The third kappa shape index (κ3) is 6.67. The van der Waals surface area contributed by atoms with E-state index in [-0.39, 0.29) is 23.7 Å². The van der Waals surface area contributed by atoms with Crippen molar-refractivity contribution in [2.24, 2.45) is 5.92 Å². The normalized spacial score (nSPS) is 17.3. The molecule has 0 fully saturated rings. The van der Waals surface area contributed by atoms with Gasteiger partial charge in [-0.05, 0) is 73.3 Å². The zero-order chi connectivity index (χ0) is 27.0. The first-order valence-electron chi connectivity index (χ1n) is 12.4. The van der Waals surface area contributed by atoms with Gasteiger partial charge < -0.3 is 14.2 Å². The van der Waals surface area contributed by atoms with Gasteiger partial charge in [-0.1, -0.05) is 0 Å². The van der Waals surface area contributed by atoms with E-state index < -0.39 is 29.4 Å². The van der Waals surface area contributed by atoms with Gasteiger partial charge in [0.15, 0.2) is 17.2 Å². The van der Waals surface area contributed by atoms with Gasteiger partial charge in [0.2, 0.25) is 5.78 Å². The van der Waals surface area contributed by atoms with Crippen LogP contribution >= 0.6 is 0 Å². The molecule has 10 heteroatoms. The Labute approximate surface area is 211 Å². The molecular formula is C26H36N2O8. The number of ketones is 3. The minimum absolute atomic E-state index is 0.0687. The van der Waals surface area contributed by atoms with E-state index in [0.717, 1.165) is 12.0 Å². The molecule has 1 atom stereocenters. The van der Waals surface area contributed by atoms with Crippen LogP contribution in [-0.4, -0.2) is 58.9 Å². The fourth-order valence-electron chi connectivity index (χ4n) is 4.03. The zero-order valence-electron chi connectivity index (χ0n) is 22.0. The van der Waals surface area contributed by atoms with Gasteiger partial charge in [0.1, 0.15) is 5.69 Å². The second kappa shape index (κ2) is 12.6. The number of nitrogens with zero attached hydrogens (tertiary/aromatic N) is 2. The average molecular weight is 505 g/mol. The lowest BCUT2D eigenvalue weighted by molar-refractivity contribution is -0.157. The van der Waals surface area contributed by atoms with E-state index in [4.69, 9.17) is 9.47 Å². The summed E-state index contributed by atoms with van der Waals surface area (Å²) < 4.78 is 16.4. The van der Waals surface area contributed by atoms with Gasteiger partial charge in [0.05, 0.1) is 31.3 Å². The first-order valence-corrected chi connectivity index (χ1v) is 12.4. The van der Waals surface area contributed by atoms with E-state index in [1.54, 1.807) is 31.5 Å². The third-order valence-electron chi connectivity index (χ3n) is 5.62. The Bertz CT molecular complexity index is 1050. The number of esters is 2. The van der Waals surface area contributed by atoms with Crippen LogP contribution in [0.15, 0.2) is 11.8 Å². The SMILES string of the molecule is CCOC(=O)C(=O)C1CCC=C(OCC)C1=O.CCOC(=O)c1nn(C(C)(C)C)c2c1CCCC2=O. The van der Waals surface area contributed by atoms with Gasteiger partial charge in [-0.15, -0.1) is 0 Å². The number of rotatable bonds is 7. The molecule has 1 unspecified atom stereocenters. The molecule has 10 nitrogen and oxygen atoms in total. The van der Waals surface area contributed by atoms with Crippen molar-refractivity contribution in [2.45, 2.75) is 79.2 Å². The van der Waals surface area contributed by atoms with Crippen LogP contribution in [0.1, 0.15) is 93.8 Å². The molecule has 0 saturated heterocycles. The van der Waals surface area contributed by atoms with E-state index in [0.29, 0.717) is 50.3 Å². The van der Waals surface area contributed by atoms with Gasteiger partial charge in [0, 0.05) is 12.0 Å². The highest BCUT2D eigenvalue weighted by Crippen LogP contribution is 2.29. The number of ether oxygens (including phenoxy) is 3. The van der Waals surface area contributed by atoms with Gasteiger partial charge in [-0.25, -0.2) is 9.59 Å². The Balaban J connectivity index is 0.000000255. The fraction of sp³-hybridized carbons (Fsp3) is 0.615. The number of aromatic nitrogens is 2. The number of carbonyl (C=O) groups is 5. The second-order valence-corrected chi connectivity index (χ2v) is 9.34. The maximum absolute atomic E-state index is 12.1. The summed E-state index contributed by atoms with van der Waals surface area (Å²) in [5.41, 5.74) is 1.31. The highest BCUT2D eigenvalue weighted by atomic mass is 16.5. The lowest BCUT2D eigenvalue weighted by Gasteiger charge is -2.23. The lowest BCUT2D eigenvalue weighted by atomic mass is 9.88. The maximum atomic E-state index is 12.1. The zero-order valence-corrected chi connectivity index (χ0v) is 22.0. The van der Waals surface area contributed by atoms with Crippen molar-refractivity contribution in [3.05, 3.63) is 28.8 Å². The van der Waals surface area contributed by atoms with E-state index >= 15 is 0 Å². The molecule has 1 heterocycles. The van der Waals surface area contributed by atoms with E-state index in [9.17, 15) is 24.0 Å². The number of carbonyl (C=O) groups excluding carboxylic acids is 5. The van der Waals surface area contributed by atoms with Crippen molar-refractivity contribution in [1.82, 2.24) is 9.78 Å². The van der Waals surface area contributed by atoms with Crippen molar-refractivity contribution in [2.75, 3.05) is 19.8 Å². The average Bonchev–Trinajstić information content (AvgIpc) is 3.23. The Kier molecular flexibility index (Phi) is 10.1. The van der Waals surface area contributed by atoms with Crippen LogP contribution in [0.4, 0.5) is 0 Å². The molecule has 0 N–H and O–H groups in total. The van der Waals surface area contributed by atoms with Crippen molar-refractivity contribution >= 4 is 29.3 Å². The molecule has 0 bridgehead atoms. The predicted molar refractivity (Wildman–Crippen MR) is 130 cm³/mol. The summed E-state index contributed by atoms with van der Waals surface area (Å²) in [7, 11) is 0. The summed E-state index contributed by atoms with van der Waals surface area (Å²) in [6, 6.07) is 0. The van der Waals surface area contributed by atoms with Crippen LogP contribution in [-0.2, 0) is 40.6 Å². The van der Waals surface area contributed by atoms with Gasteiger partial charge in [-0.3, -0.25) is 19.1 Å². The van der Waals surface area contributed by atoms with Crippen LogP contribution in [0.3, 0.4) is 0 Å². The molecule has 1 aromatic heterocycles.